The summed E-state index contributed by atoms with van der Waals surface area (Å²) >= 11 is 0. The number of carbonyl (C=O) groups is 3. The quantitative estimate of drug-likeness (QED) is 0.818. The van der Waals surface area contributed by atoms with Crippen molar-refractivity contribution in [3.8, 4) is 0 Å². The van der Waals surface area contributed by atoms with Gasteiger partial charge in [0.2, 0.25) is 5.91 Å². The number of likely N-dealkylation sites (tertiary alicyclic amines) is 1. The van der Waals surface area contributed by atoms with Crippen LogP contribution < -0.4 is 5.32 Å². The number of carboxylic acid groups (broad SMARTS) is 1. The summed E-state index contributed by atoms with van der Waals surface area (Å²) in [5, 5.41) is 11.8. The topological polar surface area (TPSA) is 86.7 Å². The third-order valence-corrected chi connectivity index (χ3v) is 5.40. The Kier molecular flexibility index (Phi) is 5.59. The molecule has 1 aromatic carbocycles. The molecule has 3 atom stereocenters. The highest BCUT2D eigenvalue weighted by Crippen LogP contribution is 2.38. The number of piperidine rings is 1. The number of hydrogen-bond acceptors (Lipinski definition) is 3. The van der Waals surface area contributed by atoms with Gasteiger partial charge in [-0.05, 0) is 56.2 Å². The number of nitrogens with one attached hydrogen (secondary N) is 1. The Labute approximate surface area is 153 Å². The highest BCUT2D eigenvalue weighted by Gasteiger charge is 2.39. The first-order valence-corrected chi connectivity index (χ1v) is 9.39. The molecule has 0 radical (unpaired) electrons. The number of aliphatic carboxylic acids is 1. The molecule has 2 amide bonds. The lowest BCUT2D eigenvalue weighted by Crippen LogP contribution is -2.44. The molecule has 3 unspecified atom stereocenters. The second-order valence-corrected chi connectivity index (χ2v) is 7.47. The zero-order valence-corrected chi connectivity index (χ0v) is 15.1. The summed E-state index contributed by atoms with van der Waals surface area (Å²) in [5.74, 6) is -0.391. The van der Waals surface area contributed by atoms with E-state index in [0.717, 1.165) is 25.7 Å². The molecule has 3 rings (SSSR count). The third-order valence-electron chi connectivity index (χ3n) is 5.40. The van der Waals surface area contributed by atoms with Gasteiger partial charge in [-0.3, -0.25) is 14.4 Å². The van der Waals surface area contributed by atoms with Gasteiger partial charge in [-0.1, -0.05) is 13.0 Å². The van der Waals surface area contributed by atoms with Crippen molar-refractivity contribution in [2.75, 3.05) is 11.9 Å². The monoisotopic (exact) mass is 358 g/mol. The molecular formula is C20H26N2O4. The Morgan fingerprint density at radius 2 is 2.04 bits per heavy atom. The van der Waals surface area contributed by atoms with Gasteiger partial charge < -0.3 is 15.3 Å². The first-order chi connectivity index (χ1) is 12.5. The predicted molar refractivity (Wildman–Crippen MR) is 97.9 cm³/mol. The molecule has 2 fully saturated rings. The molecule has 1 aromatic rings. The fourth-order valence-electron chi connectivity index (χ4n) is 3.68. The Balaban J connectivity index is 1.68. The number of benzene rings is 1. The fourth-order valence-corrected chi connectivity index (χ4v) is 3.68. The molecule has 26 heavy (non-hydrogen) atoms. The number of hydrogen-bond donors (Lipinski definition) is 2. The van der Waals surface area contributed by atoms with Gasteiger partial charge in [0, 0.05) is 36.2 Å². The molecule has 6 nitrogen and oxygen atoms in total. The summed E-state index contributed by atoms with van der Waals surface area (Å²) in [5.41, 5.74) is 1.17. The Bertz CT molecular complexity index is 703. The number of nitrogens with zero attached hydrogens (tertiary/aromatic N) is 1. The molecule has 1 saturated heterocycles. The van der Waals surface area contributed by atoms with E-state index in [0.29, 0.717) is 30.1 Å². The number of anilines is 1. The molecule has 2 N–H and O–H groups in total. The van der Waals surface area contributed by atoms with Crippen LogP contribution in [0.5, 0.6) is 0 Å². The standard InChI is InChI=1S/C20H26N2O4/c1-13-11-17(13)19(25)21-15-6-4-5-14(12-15)20(26)22-10-3-2-7-16(22)8-9-18(23)24/h4-6,12-13,16-17H,2-3,7-11H2,1H3,(H,21,25)(H,23,24). The maximum Gasteiger partial charge on any atom is 0.303 e. The Morgan fingerprint density at radius 1 is 1.27 bits per heavy atom. The molecular weight excluding hydrogens is 332 g/mol. The van der Waals surface area contributed by atoms with Gasteiger partial charge in [-0.15, -0.1) is 0 Å². The molecule has 0 bridgehead atoms. The lowest BCUT2D eigenvalue weighted by molar-refractivity contribution is -0.137. The van der Waals surface area contributed by atoms with Gasteiger partial charge in [0.1, 0.15) is 0 Å². The van der Waals surface area contributed by atoms with E-state index in [9.17, 15) is 14.4 Å². The van der Waals surface area contributed by atoms with Crippen molar-refractivity contribution in [3.63, 3.8) is 0 Å². The SMILES string of the molecule is CC1CC1C(=O)Nc1cccc(C(=O)N2CCCCC2CCC(=O)O)c1. The van der Waals surface area contributed by atoms with Gasteiger partial charge in [-0.25, -0.2) is 0 Å². The van der Waals surface area contributed by atoms with Crippen LogP contribution in [0.2, 0.25) is 0 Å². The molecule has 1 aliphatic heterocycles. The number of carbonyl (C=O) groups excluding carboxylic acids is 2. The van der Waals surface area contributed by atoms with E-state index in [1.54, 1.807) is 29.2 Å². The summed E-state index contributed by atoms with van der Waals surface area (Å²) in [6.07, 6.45) is 4.27. The van der Waals surface area contributed by atoms with Crippen LogP contribution in [0.1, 0.15) is 55.8 Å². The largest absolute Gasteiger partial charge is 0.481 e. The van der Waals surface area contributed by atoms with Crippen molar-refractivity contribution >= 4 is 23.5 Å². The van der Waals surface area contributed by atoms with Crippen molar-refractivity contribution in [2.24, 2.45) is 11.8 Å². The summed E-state index contributed by atoms with van der Waals surface area (Å²) in [4.78, 5) is 37.7. The molecule has 1 saturated carbocycles. The predicted octanol–water partition coefficient (Wildman–Crippen LogP) is 3.14. The van der Waals surface area contributed by atoms with Gasteiger partial charge >= 0.3 is 5.97 Å². The van der Waals surface area contributed by atoms with E-state index in [1.165, 1.54) is 0 Å². The molecule has 140 valence electrons. The van der Waals surface area contributed by atoms with Gasteiger partial charge in [0.15, 0.2) is 0 Å². The second-order valence-electron chi connectivity index (χ2n) is 7.47. The Morgan fingerprint density at radius 3 is 2.73 bits per heavy atom. The first-order valence-electron chi connectivity index (χ1n) is 9.39. The molecule has 6 heteroatoms. The van der Waals surface area contributed by atoms with E-state index in [4.69, 9.17) is 5.11 Å². The van der Waals surface area contributed by atoms with Crippen molar-refractivity contribution in [2.45, 2.75) is 51.5 Å². The maximum atomic E-state index is 13.0. The van der Waals surface area contributed by atoms with Crippen molar-refractivity contribution in [1.29, 1.82) is 0 Å². The summed E-state index contributed by atoms with van der Waals surface area (Å²) < 4.78 is 0. The normalized spacial score (nSPS) is 24.8. The van der Waals surface area contributed by atoms with Crippen LogP contribution in [0, 0.1) is 11.8 Å². The third kappa shape index (κ3) is 4.42. The lowest BCUT2D eigenvalue weighted by atomic mass is 9.97. The van der Waals surface area contributed by atoms with Crippen LogP contribution in [0.3, 0.4) is 0 Å². The molecule has 1 heterocycles. The van der Waals surface area contributed by atoms with Crippen LogP contribution in [0.25, 0.3) is 0 Å². The van der Waals surface area contributed by atoms with Gasteiger partial charge in [0.05, 0.1) is 0 Å². The average molecular weight is 358 g/mol. The molecule has 1 aliphatic carbocycles. The fraction of sp³-hybridized carbons (Fsp3) is 0.550. The van der Waals surface area contributed by atoms with Crippen molar-refractivity contribution in [3.05, 3.63) is 29.8 Å². The summed E-state index contributed by atoms with van der Waals surface area (Å²) in [6, 6.07) is 7.00. The van der Waals surface area contributed by atoms with Crippen LogP contribution in [-0.2, 0) is 9.59 Å². The lowest BCUT2D eigenvalue weighted by Gasteiger charge is -2.35. The average Bonchev–Trinajstić information content (AvgIpc) is 3.37. The van der Waals surface area contributed by atoms with Crippen molar-refractivity contribution in [1.82, 2.24) is 4.90 Å². The van der Waals surface area contributed by atoms with E-state index in [-0.39, 0.29) is 30.2 Å². The van der Waals surface area contributed by atoms with Crippen LogP contribution >= 0.6 is 0 Å². The maximum absolute atomic E-state index is 13.0. The molecule has 2 aliphatic rings. The van der Waals surface area contributed by atoms with E-state index in [2.05, 4.69) is 12.2 Å². The smallest absolute Gasteiger partial charge is 0.303 e. The minimum Gasteiger partial charge on any atom is -0.481 e. The molecule has 0 spiro atoms. The second kappa shape index (κ2) is 7.89. The number of rotatable bonds is 6. The van der Waals surface area contributed by atoms with E-state index < -0.39 is 5.97 Å². The zero-order chi connectivity index (χ0) is 18.7. The number of amides is 2. The highest BCUT2D eigenvalue weighted by atomic mass is 16.4. The van der Waals surface area contributed by atoms with Crippen LogP contribution in [-0.4, -0.2) is 40.4 Å². The number of carboxylic acids is 1. The first kappa shape index (κ1) is 18.4. The minimum absolute atomic E-state index is 0.0133. The van der Waals surface area contributed by atoms with Crippen molar-refractivity contribution < 1.29 is 19.5 Å². The van der Waals surface area contributed by atoms with E-state index in [1.807, 2.05) is 0 Å². The zero-order valence-electron chi connectivity index (χ0n) is 15.1. The molecule has 0 aromatic heterocycles. The minimum atomic E-state index is -0.831. The summed E-state index contributed by atoms with van der Waals surface area (Å²) in [7, 11) is 0. The Hall–Kier alpha value is -2.37. The van der Waals surface area contributed by atoms with E-state index >= 15 is 0 Å². The van der Waals surface area contributed by atoms with Gasteiger partial charge in [0.25, 0.3) is 5.91 Å². The highest BCUT2D eigenvalue weighted by molar-refractivity contribution is 5.98. The van der Waals surface area contributed by atoms with Crippen LogP contribution in [0.4, 0.5) is 5.69 Å². The van der Waals surface area contributed by atoms with Gasteiger partial charge in [-0.2, -0.15) is 0 Å². The van der Waals surface area contributed by atoms with Crippen LogP contribution in [0.15, 0.2) is 24.3 Å². The summed E-state index contributed by atoms with van der Waals surface area (Å²) in [6.45, 7) is 2.71.